The van der Waals surface area contributed by atoms with Gasteiger partial charge in [0, 0.05) is 49.5 Å². The average Bonchev–Trinajstić information content (AvgIpc) is 3.68. The van der Waals surface area contributed by atoms with Gasteiger partial charge in [0.25, 0.3) is 11.4 Å². The van der Waals surface area contributed by atoms with E-state index in [4.69, 9.17) is 9.47 Å². The minimum atomic E-state index is -1.38. The summed E-state index contributed by atoms with van der Waals surface area (Å²) in [6.07, 6.45) is 7.68. The summed E-state index contributed by atoms with van der Waals surface area (Å²) in [4.78, 5) is 72.3. The summed E-state index contributed by atoms with van der Waals surface area (Å²) < 4.78 is 12.5. The standard InChI is InChI=1S/C42H52N8O10/c1-42(2,3)60-41(54)47-33(23-29-14-8-5-9-15-29)39(52)46-34(24-31-26-43-27-48(31)35-18-17-30(49(55)56)25-36(35)50(57)58)40(53)45-32(22-28-12-6-4-7-13-28)37(51)19-21-59-38-16-10-11-20-44-38/h5,8-11,14-18,20,25-28,32-34,37,51H,4,6-7,12-13,19,21-24H2,1-3H3,(H,45,53)(H,46,52)(H,47,54)/t32-,33-,34-,37-/m0/s1. The number of aromatic nitrogens is 3. The quantitative estimate of drug-likeness (QED) is 0.0674. The van der Waals surface area contributed by atoms with Gasteiger partial charge in [-0.3, -0.25) is 34.4 Å². The monoisotopic (exact) mass is 828 g/mol. The fourth-order valence-corrected chi connectivity index (χ4v) is 7.16. The fourth-order valence-electron chi connectivity index (χ4n) is 7.16. The van der Waals surface area contributed by atoms with Crippen LogP contribution in [0.15, 0.2) is 85.5 Å². The van der Waals surface area contributed by atoms with Gasteiger partial charge in [-0.05, 0) is 50.8 Å². The van der Waals surface area contributed by atoms with Crippen LogP contribution in [0.1, 0.15) is 77.0 Å². The highest BCUT2D eigenvalue weighted by Gasteiger charge is 2.34. The highest BCUT2D eigenvalue weighted by molar-refractivity contribution is 5.91. The number of amides is 3. The molecule has 0 saturated heterocycles. The number of carbonyl (C=O) groups excluding carboxylic acids is 3. The number of rotatable bonds is 19. The number of aliphatic hydroxyl groups excluding tert-OH is 1. The molecule has 1 aliphatic rings. The van der Waals surface area contributed by atoms with E-state index in [1.807, 2.05) is 6.07 Å². The minimum Gasteiger partial charge on any atom is -0.478 e. The van der Waals surface area contributed by atoms with Gasteiger partial charge in [-0.2, -0.15) is 0 Å². The van der Waals surface area contributed by atoms with Gasteiger partial charge in [0.15, 0.2) is 0 Å². The Hall–Kier alpha value is -6.43. The molecule has 1 saturated carbocycles. The zero-order chi connectivity index (χ0) is 43.2. The molecule has 0 bridgehead atoms. The number of carbonyl (C=O) groups is 3. The first kappa shape index (κ1) is 44.7. The molecule has 0 aliphatic heterocycles. The predicted molar refractivity (Wildman–Crippen MR) is 219 cm³/mol. The van der Waals surface area contributed by atoms with Crippen LogP contribution in [0.2, 0.25) is 0 Å². The third-order valence-electron chi connectivity index (χ3n) is 10.1. The summed E-state index contributed by atoms with van der Waals surface area (Å²) in [5, 5.41) is 43.6. The average molecular weight is 829 g/mol. The molecule has 2 heterocycles. The first-order valence-electron chi connectivity index (χ1n) is 20.0. The molecule has 60 heavy (non-hydrogen) atoms. The maximum Gasteiger partial charge on any atom is 0.408 e. The van der Waals surface area contributed by atoms with E-state index in [2.05, 4.69) is 25.9 Å². The maximum absolute atomic E-state index is 14.6. The zero-order valence-electron chi connectivity index (χ0n) is 33.9. The van der Waals surface area contributed by atoms with Crippen molar-refractivity contribution in [2.24, 2.45) is 5.92 Å². The lowest BCUT2D eigenvalue weighted by molar-refractivity contribution is -0.394. The molecule has 0 radical (unpaired) electrons. The largest absolute Gasteiger partial charge is 0.478 e. The SMILES string of the molecule is CC(C)(C)OC(=O)N[C@@H](Cc1ccccc1)C(=O)N[C@@H](Cc1cncn1-c1ccc([N+](=O)[O-])cc1[N+](=O)[O-])C(=O)N[C@@H](CC1CCCCC1)[C@@H](O)CCOc1ccccn1. The van der Waals surface area contributed by atoms with Crippen LogP contribution in [-0.2, 0) is 27.2 Å². The lowest BCUT2D eigenvalue weighted by atomic mass is 9.83. The van der Waals surface area contributed by atoms with Gasteiger partial charge in [0.05, 0.1) is 41.0 Å². The van der Waals surface area contributed by atoms with Crippen molar-refractivity contribution in [2.45, 2.75) is 108 Å². The molecule has 320 valence electrons. The first-order chi connectivity index (χ1) is 28.7. The Morgan fingerprint density at radius 3 is 2.27 bits per heavy atom. The number of benzene rings is 2. The molecule has 0 spiro atoms. The number of non-ortho nitro benzene ring substituents is 1. The van der Waals surface area contributed by atoms with Gasteiger partial charge < -0.3 is 30.5 Å². The van der Waals surface area contributed by atoms with Gasteiger partial charge >= 0.3 is 6.09 Å². The zero-order valence-corrected chi connectivity index (χ0v) is 33.9. The molecule has 4 aromatic rings. The van der Waals surface area contributed by atoms with Crippen molar-refractivity contribution in [3.8, 4) is 11.6 Å². The number of nitro benzene ring substituents is 2. The number of imidazole rings is 1. The Kier molecular flexibility index (Phi) is 15.6. The lowest BCUT2D eigenvalue weighted by Crippen LogP contribution is -2.57. The van der Waals surface area contributed by atoms with Crippen molar-refractivity contribution in [1.82, 2.24) is 30.5 Å². The molecule has 1 fully saturated rings. The molecule has 1 aliphatic carbocycles. The van der Waals surface area contributed by atoms with Crippen LogP contribution in [0.3, 0.4) is 0 Å². The number of nitrogens with zero attached hydrogens (tertiary/aromatic N) is 5. The fraction of sp³-hybridized carbons (Fsp3) is 0.452. The highest BCUT2D eigenvalue weighted by Crippen LogP contribution is 2.30. The van der Waals surface area contributed by atoms with Gasteiger partial charge in [0.2, 0.25) is 17.7 Å². The molecular weight excluding hydrogens is 777 g/mol. The molecule has 18 heteroatoms. The van der Waals surface area contributed by atoms with E-state index in [-0.39, 0.29) is 43.2 Å². The number of hydrogen-bond acceptors (Lipinski definition) is 12. The van der Waals surface area contributed by atoms with Gasteiger partial charge in [-0.25, -0.2) is 14.8 Å². The second kappa shape index (κ2) is 21.0. The van der Waals surface area contributed by atoms with Crippen molar-refractivity contribution in [2.75, 3.05) is 6.61 Å². The van der Waals surface area contributed by atoms with Crippen LogP contribution in [0.4, 0.5) is 16.2 Å². The molecular formula is C42H52N8O10. The highest BCUT2D eigenvalue weighted by atomic mass is 16.6. The van der Waals surface area contributed by atoms with E-state index in [1.54, 1.807) is 69.4 Å². The molecule has 5 rings (SSSR count). The predicted octanol–water partition coefficient (Wildman–Crippen LogP) is 5.53. The smallest absolute Gasteiger partial charge is 0.408 e. The van der Waals surface area contributed by atoms with Crippen molar-refractivity contribution >= 4 is 29.3 Å². The summed E-state index contributed by atoms with van der Waals surface area (Å²) in [6, 6.07) is 14.0. The number of pyridine rings is 1. The second-order valence-electron chi connectivity index (χ2n) is 15.8. The summed E-state index contributed by atoms with van der Waals surface area (Å²) in [5.41, 5.74) is -1.07. The minimum absolute atomic E-state index is 0.0342. The molecule has 2 aromatic carbocycles. The van der Waals surface area contributed by atoms with Crippen molar-refractivity contribution in [3.63, 3.8) is 0 Å². The molecule has 0 unspecified atom stereocenters. The van der Waals surface area contributed by atoms with E-state index < -0.39 is 69.0 Å². The molecule has 2 aromatic heterocycles. The van der Waals surface area contributed by atoms with Crippen LogP contribution >= 0.6 is 0 Å². The third kappa shape index (κ3) is 13.3. The van der Waals surface area contributed by atoms with E-state index in [9.17, 15) is 39.7 Å². The molecule has 3 amide bonds. The Balaban J connectivity index is 1.47. The molecule has 4 atom stereocenters. The number of nitro groups is 2. The van der Waals surface area contributed by atoms with E-state index in [0.717, 1.165) is 44.2 Å². The van der Waals surface area contributed by atoms with E-state index in [0.29, 0.717) is 17.9 Å². The van der Waals surface area contributed by atoms with Crippen LogP contribution < -0.4 is 20.7 Å². The molecule has 4 N–H and O–H groups in total. The number of ether oxygens (including phenoxy) is 2. The Bertz CT molecular complexity index is 2070. The Labute approximate surface area is 347 Å². The van der Waals surface area contributed by atoms with Crippen LogP contribution in [0.25, 0.3) is 5.69 Å². The summed E-state index contributed by atoms with van der Waals surface area (Å²) in [7, 11) is 0. The van der Waals surface area contributed by atoms with Crippen molar-refractivity contribution in [1.29, 1.82) is 0 Å². The Morgan fingerprint density at radius 2 is 1.60 bits per heavy atom. The topological polar surface area (TPSA) is 243 Å². The molecule has 18 nitrogen and oxygen atoms in total. The Morgan fingerprint density at radius 1 is 0.900 bits per heavy atom. The van der Waals surface area contributed by atoms with Crippen LogP contribution in [0.5, 0.6) is 5.88 Å². The number of aliphatic hydroxyl groups is 1. The van der Waals surface area contributed by atoms with Crippen molar-refractivity contribution < 1.29 is 38.8 Å². The van der Waals surface area contributed by atoms with Crippen LogP contribution in [-0.4, -0.2) is 83.8 Å². The summed E-state index contributed by atoms with van der Waals surface area (Å²) in [5.74, 6) is -0.794. The maximum atomic E-state index is 14.6. The van der Waals surface area contributed by atoms with E-state index in [1.165, 1.54) is 23.2 Å². The normalized spacial score (nSPS) is 15.1. The number of nitrogens with one attached hydrogen (secondary N) is 3. The van der Waals surface area contributed by atoms with Gasteiger partial charge in [-0.1, -0.05) is 68.5 Å². The first-order valence-corrected chi connectivity index (χ1v) is 20.0. The lowest BCUT2D eigenvalue weighted by Gasteiger charge is -2.32. The third-order valence-corrected chi connectivity index (χ3v) is 10.1. The second-order valence-corrected chi connectivity index (χ2v) is 15.8. The number of alkyl carbamates (subject to hydrolysis) is 1. The summed E-state index contributed by atoms with van der Waals surface area (Å²) >= 11 is 0. The summed E-state index contributed by atoms with van der Waals surface area (Å²) in [6.45, 7) is 5.15. The van der Waals surface area contributed by atoms with E-state index >= 15 is 0 Å². The van der Waals surface area contributed by atoms with Crippen molar-refractivity contribution in [3.05, 3.63) is 117 Å². The van der Waals surface area contributed by atoms with Gasteiger partial charge in [0.1, 0.15) is 23.4 Å². The van der Waals surface area contributed by atoms with Gasteiger partial charge in [-0.15, -0.1) is 0 Å². The van der Waals surface area contributed by atoms with Crippen LogP contribution in [0, 0.1) is 26.1 Å². The number of hydrogen-bond donors (Lipinski definition) is 4.